The molecule has 0 radical (unpaired) electrons. The molecule has 0 spiro atoms. The second kappa shape index (κ2) is 8.37. The van der Waals surface area contributed by atoms with Crippen molar-refractivity contribution in [2.75, 3.05) is 6.61 Å². The van der Waals surface area contributed by atoms with Crippen molar-refractivity contribution in [1.29, 1.82) is 0 Å². The molecule has 0 amide bonds. The highest BCUT2D eigenvalue weighted by Gasteiger charge is 2.18. The molecule has 1 heterocycles. The lowest BCUT2D eigenvalue weighted by atomic mass is 9.93. The number of aliphatic hydroxyl groups excluding tert-OH is 1. The van der Waals surface area contributed by atoms with Gasteiger partial charge in [-0.1, -0.05) is 30.9 Å². The minimum atomic E-state index is 0.201. The van der Waals surface area contributed by atoms with Crippen molar-refractivity contribution >= 4 is 0 Å². The van der Waals surface area contributed by atoms with E-state index in [1.54, 1.807) is 0 Å². The van der Waals surface area contributed by atoms with Crippen LogP contribution >= 0.6 is 0 Å². The maximum absolute atomic E-state index is 8.80. The molecular weight excluding hydrogens is 252 g/mol. The maximum atomic E-state index is 8.80. The fourth-order valence-electron chi connectivity index (χ4n) is 3.00. The first-order valence-electron chi connectivity index (χ1n) is 8.03. The van der Waals surface area contributed by atoms with Crippen molar-refractivity contribution in [2.24, 2.45) is 5.92 Å². The first kappa shape index (κ1) is 15.4. The van der Waals surface area contributed by atoms with Crippen LogP contribution in [0, 0.1) is 5.92 Å². The Morgan fingerprint density at radius 1 is 1.35 bits per heavy atom. The van der Waals surface area contributed by atoms with Crippen LogP contribution in [0.4, 0.5) is 0 Å². The molecule has 20 heavy (non-hydrogen) atoms. The van der Waals surface area contributed by atoms with Gasteiger partial charge in [0.1, 0.15) is 0 Å². The Bertz CT molecular complexity index is 372. The zero-order valence-corrected chi connectivity index (χ0v) is 12.6. The summed E-state index contributed by atoms with van der Waals surface area (Å²) in [6.45, 7) is 4.02. The van der Waals surface area contributed by atoms with Gasteiger partial charge in [0.2, 0.25) is 0 Å². The van der Waals surface area contributed by atoms with Crippen LogP contribution in [0.15, 0.2) is 6.20 Å². The van der Waals surface area contributed by atoms with E-state index in [1.165, 1.54) is 38.5 Å². The Balaban J connectivity index is 1.74. The normalized spacial score (nSPS) is 18.9. The average molecular weight is 280 g/mol. The highest BCUT2D eigenvalue weighted by atomic mass is 16.3. The first-order chi connectivity index (χ1) is 9.79. The van der Waals surface area contributed by atoms with Crippen molar-refractivity contribution in [3.8, 4) is 0 Å². The Kier molecular flexibility index (Phi) is 6.47. The molecule has 0 unspecified atom stereocenters. The monoisotopic (exact) mass is 280 g/mol. The summed E-state index contributed by atoms with van der Waals surface area (Å²) >= 11 is 0. The molecule has 1 fully saturated rings. The third-order valence-electron chi connectivity index (χ3n) is 4.34. The van der Waals surface area contributed by atoms with Gasteiger partial charge in [-0.25, -0.2) is 0 Å². The molecule has 0 saturated heterocycles. The summed E-state index contributed by atoms with van der Waals surface area (Å²) in [6, 6.07) is 0.552. The van der Waals surface area contributed by atoms with Crippen molar-refractivity contribution in [3.05, 3.63) is 11.9 Å². The molecule has 1 aliphatic carbocycles. The quantitative estimate of drug-likeness (QED) is 0.751. The summed E-state index contributed by atoms with van der Waals surface area (Å²) in [7, 11) is 0. The molecule has 2 N–H and O–H groups in total. The zero-order valence-electron chi connectivity index (χ0n) is 12.6. The topological polar surface area (TPSA) is 63.0 Å². The molecule has 0 aliphatic heterocycles. The molecular formula is C15H28N4O. The van der Waals surface area contributed by atoms with E-state index in [2.05, 4.69) is 22.6 Å². The van der Waals surface area contributed by atoms with Crippen LogP contribution in [0.2, 0.25) is 0 Å². The van der Waals surface area contributed by atoms with E-state index in [-0.39, 0.29) is 6.61 Å². The van der Waals surface area contributed by atoms with Crippen LogP contribution in [0.1, 0.15) is 57.6 Å². The Hall–Kier alpha value is -0.940. The summed E-state index contributed by atoms with van der Waals surface area (Å²) in [6.07, 6.45) is 11.0. The van der Waals surface area contributed by atoms with Gasteiger partial charge in [0, 0.05) is 31.9 Å². The minimum absolute atomic E-state index is 0.201. The average Bonchev–Trinajstić information content (AvgIpc) is 2.73. The molecule has 1 aromatic heterocycles. The van der Waals surface area contributed by atoms with Crippen LogP contribution in [-0.2, 0) is 13.1 Å². The third-order valence-corrected chi connectivity index (χ3v) is 4.34. The second-order valence-electron chi connectivity index (χ2n) is 5.97. The van der Waals surface area contributed by atoms with Gasteiger partial charge in [-0.2, -0.15) is 0 Å². The molecule has 1 aromatic rings. The van der Waals surface area contributed by atoms with Gasteiger partial charge in [0.15, 0.2) is 0 Å². The molecule has 5 nitrogen and oxygen atoms in total. The maximum Gasteiger partial charge on any atom is 0.0964 e. The number of hydrogen-bond acceptors (Lipinski definition) is 4. The van der Waals surface area contributed by atoms with Crippen LogP contribution in [0.25, 0.3) is 0 Å². The van der Waals surface area contributed by atoms with E-state index in [0.717, 1.165) is 31.1 Å². The zero-order chi connectivity index (χ0) is 14.2. The predicted octanol–water partition coefficient (Wildman–Crippen LogP) is 2.11. The van der Waals surface area contributed by atoms with Crippen molar-refractivity contribution in [2.45, 2.75) is 71.0 Å². The number of aromatic nitrogens is 3. The molecule has 1 aliphatic rings. The lowest BCUT2D eigenvalue weighted by Crippen LogP contribution is -2.33. The van der Waals surface area contributed by atoms with Crippen LogP contribution in [-0.4, -0.2) is 32.7 Å². The van der Waals surface area contributed by atoms with Crippen LogP contribution in [0.3, 0.4) is 0 Å². The van der Waals surface area contributed by atoms with Gasteiger partial charge >= 0.3 is 0 Å². The Labute approximate surface area is 121 Å². The van der Waals surface area contributed by atoms with Gasteiger partial charge in [0.25, 0.3) is 0 Å². The number of nitrogens with zero attached hydrogens (tertiary/aromatic N) is 3. The van der Waals surface area contributed by atoms with E-state index in [9.17, 15) is 0 Å². The van der Waals surface area contributed by atoms with Crippen LogP contribution in [0.5, 0.6) is 0 Å². The van der Waals surface area contributed by atoms with Crippen molar-refractivity contribution in [3.63, 3.8) is 0 Å². The summed E-state index contributed by atoms with van der Waals surface area (Å²) in [5.74, 6) is 0.807. The van der Waals surface area contributed by atoms with Crippen LogP contribution < -0.4 is 5.32 Å². The first-order valence-corrected chi connectivity index (χ1v) is 8.03. The molecule has 2 rings (SSSR count). The van der Waals surface area contributed by atoms with Gasteiger partial charge in [0.05, 0.1) is 5.69 Å². The van der Waals surface area contributed by atoms with E-state index < -0.39 is 0 Å². The van der Waals surface area contributed by atoms with E-state index >= 15 is 0 Å². The summed E-state index contributed by atoms with van der Waals surface area (Å²) in [4.78, 5) is 0. The van der Waals surface area contributed by atoms with Gasteiger partial charge in [-0.15, -0.1) is 5.10 Å². The van der Waals surface area contributed by atoms with Crippen molar-refractivity contribution < 1.29 is 5.11 Å². The van der Waals surface area contributed by atoms with Crippen molar-refractivity contribution in [1.82, 2.24) is 20.3 Å². The number of nitrogens with one attached hydrogen (secondary N) is 1. The number of rotatable bonds is 7. The minimum Gasteiger partial charge on any atom is -0.396 e. The Morgan fingerprint density at radius 2 is 2.10 bits per heavy atom. The standard InChI is InChI=1S/C15H28N4O/c1-13(14-7-4-2-3-5-8-14)16-11-15-12-19(18-17-15)9-6-10-20/h12-14,16,20H,2-11H2,1H3/t13-/m0/s1. The van der Waals surface area contributed by atoms with E-state index in [1.807, 2.05) is 10.9 Å². The number of aryl methyl sites for hydroxylation is 1. The highest BCUT2D eigenvalue weighted by Crippen LogP contribution is 2.25. The molecule has 0 aromatic carbocycles. The molecule has 1 atom stereocenters. The predicted molar refractivity (Wildman–Crippen MR) is 79.2 cm³/mol. The summed E-state index contributed by atoms with van der Waals surface area (Å²) in [5.41, 5.74) is 0.989. The molecule has 114 valence electrons. The van der Waals surface area contributed by atoms with Gasteiger partial charge < -0.3 is 10.4 Å². The lowest BCUT2D eigenvalue weighted by molar-refractivity contribution is 0.276. The molecule has 5 heteroatoms. The summed E-state index contributed by atoms with van der Waals surface area (Å²) in [5, 5.41) is 20.7. The number of aliphatic hydroxyl groups is 1. The van der Waals surface area contributed by atoms with Gasteiger partial charge in [-0.05, 0) is 32.1 Å². The third kappa shape index (κ3) is 4.87. The van der Waals surface area contributed by atoms with Gasteiger partial charge in [-0.3, -0.25) is 4.68 Å². The lowest BCUT2D eigenvalue weighted by Gasteiger charge is -2.23. The Morgan fingerprint density at radius 3 is 2.80 bits per heavy atom. The SMILES string of the molecule is C[C@H](NCc1cn(CCCO)nn1)C1CCCCCC1. The highest BCUT2D eigenvalue weighted by molar-refractivity contribution is 4.92. The van der Waals surface area contributed by atoms with E-state index in [0.29, 0.717) is 6.04 Å². The van der Waals surface area contributed by atoms with E-state index in [4.69, 9.17) is 5.11 Å². The molecule has 1 saturated carbocycles. The second-order valence-corrected chi connectivity index (χ2v) is 5.97. The largest absolute Gasteiger partial charge is 0.396 e. The molecule has 0 bridgehead atoms. The number of hydrogen-bond donors (Lipinski definition) is 2. The fraction of sp³-hybridized carbons (Fsp3) is 0.867. The summed E-state index contributed by atoms with van der Waals surface area (Å²) < 4.78 is 1.81. The smallest absolute Gasteiger partial charge is 0.0964 e. The fourth-order valence-corrected chi connectivity index (χ4v) is 3.00.